The standard InChI is InChI=1S/C22H22N6O/c1-3-19-25-21(24-13-15-8-5-4-6-9-15)27-22(26-19)28-14(2)12-17-16(20(23)29)10-7-11-18(17)28/h4-12H,3,13H2,1-2H3,(H2,23,29)(H,24,25,26,27). The molecule has 2 heterocycles. The van der Waals surface area contributed by atoms with Crippen molar-refractivity contribution in [1.29, 1.82) is 0 Å². The summed E-state index contributed by atoms with van der Waals surface area (Å²) in [5.41, 5.74) is 8.91. The molecule has 0 saturated heterocycles. The van der Waals surface area contributed by atoms with Crippen LogP contribution in [0.3, 0.4) is 0 Å². The summed E-state index contributed by atoms with van der Waals surface area (Å²) < 4.78 is 1.93. The maximum atomic E-state index is 11.8. The molecule has 0 aliphatic carbocycles. The highest BCUT2D eigenvalue weighted by Gasteiger charge is 2.16. The molecular weight excluding hydrogens is 364 g/mol. The zero-order valence-electron chi connectivity index (χ0n) is 16.4. The molecule has 7 nitrogen and oxygen atoms in total. The van der Waals surface area contributed by atoms with Crippen LogP contribution in [-0.4, -0.2) is 25.4 Å². The first kappa shape index (κ1) is 18.6. The predicted molar refractivity (Wildman–Crippen MR) is 113 cm³/mol. The van der Waals surface area contributed by atoms with Gasteiger partial charge in [-0.3, -0.25) is 9.36 Å². The first-order valence-corrected chi connectivity index (χ1v) is 9.51. The van der Waals surface area contributed by atoms with Crippen molar-refractivity contribution >= 4 is 22.8 Å². The van der Waals surface area contributed by atoms with Crippen LogP contribution in [0.15, 0.2) is 54.6 Å². The van der Waals surface area contributed by atoms with Crippen LogP contribution in [0.25, 0.3) is 16.9 Å². The number of hydrogen-bond acceptors (Lipinski definition) is 5. The molecule has 2 aromatic carbocycles. The number of carbonyl (C=O) groups is 1. The SMILES string of the molecule is CCc1nc(NCc2ccccc2)nc(-n2c(C)cc3c(C(N)=O)cccc32)n1. The molecule has 7 heteroatoms. The smallest absolute Gasteiger partial charge is 0.249 e. The number of rotatable bonds is 6. The fourth-order valence-electron chi connectivity index (χ4n) is 3.37. The van der Waals surface area contributed by atoms with E-state index in [1.54, 1.807) is 6.07 Å². The van der Waals surface area contributed by atoms with Crippen molar-refractivity contribution < 1.29 is 4.79 Å². The van der Waals surface area contributed by atoms with Gasteiger partial charge in [0, 0.05) is 29.6 Å². The van der Waals surface area contributed by atoms with Crippen molar-refractivity contribution in [2.75, 3.05) is 5.32 Å². The van der Waals surface area contributed by atoms with Crippen LogP contribution in [0.4, 0.5) is 5.95 Å². The fourth-order valence-corrected chi connectivity index (χ4v) is 3.37. The molecule has 0 spiro atoms. The van der Waals surface area contributed by atoms with Gasteiger partial charge in [-0.05, 0) is 30.7 Å². The molecule has 0 bridgehead atoms. The van der Waals surface area contributed by atoms with E-state index in [4.69, 9.17) is 5.73 Å². The van der Waals surface area contributed by atoms with Gasteiger partial charge < -0.3 is 11.1 Å². The van der Waals surface area contributed by atoms with Crippen LogP contribution >= 0.6 is 0 Å². The lowest BCUT2D eigenvalue weighted by Crippen LogP contribution is -2.12. The quantitative estimate of drug-likeness (QED) is 0.529. The van der Waals surface area contributed by atoms with E-state index in [-0.39, 0.29) is 0 Å². The zero-order chi connectivity index (χ0) is 20.4. The molecule has 4 rings (SSSR count). The maximum Gasteiger partial charge on any atom is 0.249 e. The largest absolute Gasteiger partial charge is 0.366 e. The number of anilines is 1. The normalized spacial score (nSPS) is 11.0. The summed E-state index contributed by atoms with van der Waals surface area (Å²) in [6, 6.07) is 17.5. The van der Waals surface area contributed by atoms with E-state index < -0.39 is 5.91 Å². The summed E-state index contributed by atoms with van der Waals surface area (Å²) in [5, 5.41) is 4.07. The lowest BCUT2D eigenvalue weighted by atomic mass is 10.1. The summed E-state index contributed by atoms with van der Waals surface area (Å²) in [6.45, 7) is 4.58. The molecule has 1 amide bonds. The van der Waals surface area contributed by atoms with Gasteiger partial charge in [0.15, 0.2) is 0 Å². The van der Waals surface area contributed by atoms with Gasteiger partial charge in [-0.1, -0.05) is 43.3 Å². The third kappa shape index (κ3) is 3.67. The number of fused-ring (bicyclic) bond motifs is 1. The molecule has 2 aromatic heterocycles. The number of nitrogens with zero attached hydrogens (tertiary/aromatic N) is 4. The third-order valence-electron chi connectivity index (χ3n) is 4.77. The Hall–Kier alpha value is -3.74. The molecule has 29 heavy (non-hydrogen) atoms. The average molecular weight is 386 g/mol. The van der Waals surface area contributed by atoms with Crippen LogP contribution < -0.4 is 11.1 Å². The minimum absolute atomic E-state index is 0.456. The Balaban J connectivity index is 1.78. The summed E-state index contributed by atoms with van der Waals surface area (Å²) in [5.74, 6) is 1.27. The lowest BCUT2D eigenvalue weighted by molar-refractivity contribution is 0.100. The highest BCUT2D eigenvalue weighted by molar-refractivity contribution is 6.06. The van der Waals surface area contributed by atoms with Crippen molar-refractivity contribution in [3.05, 3.63) is 77.2 Å². The van der Waals surface area contributed by atoms with Gasteiger partial charge in [0.05, 0.1) is 5.52 Å². The fraction of sp³-hybridized carbons (Fsp3) is 0.182. The van der Waals surface area contributed by atoms with Gasteiger partial charge in [0.1, 0.15) is 5.82 Å². The number of amides is 1. The van der Waals surface area contributed by atoms with Crippen molar-refractivity contribution in [2.24, 2.45) is 5.73 Å². The zero-order valence-corrected chi connectivity index (χ0v) is 16.4. The average Bonchev–Trinajstić information content (AvgIpc) is 3.08. The molecule has 0 unspecified atom stereocenters. The summed E-state index contributed by atoms with van der Waals surface area (Å²) in [6.07, 6.45) is 0.681. The van der Waals surface area contributed by atoms with Gasteiger partial charge in [0.25, 0.3) is 0 Å². The van der Waals surface area contributed by atoms with Gasteiger partial charge in [-0.25, -0.2) is 0 Å². The van der Waals surface area contributed by atoms with E-state index >= 15 is 0 Å². The van der Waals surface area contributed by atoms with Gasteiger partial charge in [-0.2, -0.15) is 15.0 Å². The van der Waals surface area contributed by atoms with Crippen molar-refractivity contribution in [3.63, 3.8) is 0 Å². The first-order chi connectivity index (χ1) is 14.1. The number of hydrogen-bond donors (Lipinski definition) is 2. The molecule has 3 N–H and O–H groups in total. The van der Waals surface area contributed by atoms with E-state index in [1.165, 1.54) is 0 Å². The first-order valence-electron chi connectivity index (χ1n) is 9.51. The number of benzene rings is 2. The van der Waals surface area contributed by atoms with Crippen LogP contribution in [0.5, 0.6) is 0 Å². The Morgan fingerprint density at radius 2 is 1.86 bits per heavy atom. The second-order valence-electron chi connectivity index (χ2n) is 6.79. The number of aryl methyl sites for hydroxylation is 2. The maximum absolute atomic E-state index is 11.8. The summed E-state index contributed by atoms with van der Waals surface area (Å²) in [7, 11) is 0. The van der Waals surface area contributed by atoms with E-state index in [9.17, 15) is 4.79 Å². The highest BCUT2D eigenvalue weighted by atomic mass is 16.1. The number of carbonyl (C=O) groups excluding carboxylic acids is 1. The van der Waals surface area contributed by atoms with E-state index in [1.807, 2.05) is 66.9 Å². The summed E-state index contributed by atoms with van der Waals surface area (Å²) in [4.78, 5) is 25.6. The molecule has 0 saturated carbocycles. The Bertz CT molecular complexity index is 1180. The molecule has 0 fully saturated rings. The van der Waals surface area contributed by atoms with E-state index in [0.29, 0.717) is 36.3 Å². The molecular formula is C22H22N6O. The molecule has 0 radical (unpaired) electrons. The van der Waals surface area contributed by atoms with Crippen molar-refractivity contribution in [3.8, 4) is 5.95 Å². The summed E-state index contributed by atoms with van der Waals surface area (Å²) >= 11 is 0. The highest BCUT2D eigenvalue weighted by Crippen LogP contribution is 2.26. The third-order valence-corrected chi connectivity index (χ3v) is 4.77. The Labute approximate surface area is 168 Å². The second-order valence-corrected chi connectivity index (χ2v) is 6.79. The number of nitrogens with one attached hydrogen (secondary N) is 1. The van der Waals surface area contributed by atoms with Gasteiger partial charge in [0.2, 0.25) is 17.8 Å². The van der Waals surface area contributed by atoms with E-state index in [2.05, 4.69) is 20.3 Å². The molecule has 0 aliphatic rings. The van der Waals surface area contributed by atoms with Crippen molar-refractivity contribution in [2.45, 2.75) is 26.8 Å². The minimum Gasteiger partial charge on any atom is -0.366 e. The van der Waals surface area contributed by atoms with Crippen molar-refractivity contribution in [1.82, 2.24) is 19.5 Å². The van der Waals surface area contributed by atoms with Crippen LogP contribution in [0, 0.1) is 6.92 Å². The molecule has 0 atom stereocenters. The molecule has 4 aromatic rings. The van der Waals surface area contributed by atoms with Crippen LogP contribution in [0.1, 0.15) is 34.4 Å². The van der Waals surface area contributed by atoms with Gasteiger partial charge >= 0.3 is 0 Å². The molecule has 146 valence electrons. The number of aromatic nitrogens is 4. The Morgan fingerprint density at radius 1 is 1.07 bits per heavy atom. The Kier molecular flexibility index (Phi) is 4.95. The van der Waals surface area contributed by atoms with Crippen LogP contribution in [0.2, 0.25) is 0 Å². The van der Waals surface area contributed by atoms with Gasteiger partial charge in [-0.15, -0.1) is 0 Å². The minimum atomic E-state index is -0.456. The molecule has 0 aliphatic heterocycles. The second kappa shape index (κ2) is 7.71. The van der Waals surface area contributed by atoms with E-state index in [0.717, 1.165) is 22.2 Å². The van der Waals surface area contributed by atoms with Crippen LogP contribution in [-0.2, 0) is 13.0 Å². The Morgan fingerprint density at radius 3 is 2.59 bits per heavy atom. The topological polar surface area (TPSA) is 98.7 Å². The number of nitrogens with two attached hydrogens (primary N) is 1. The predicted octanol–water partition coefficient (Wildman–Crippen LogP) is 3.40. The lowest BCUT2D eigenvalue weighted by Gasteiger charge is -2.11. The number of primary amides is 1. The monoisotopic (exact) mass is 386 g/mol.